The summed E-state index contributed by atoms with van der Waals surface area (Å²) in [5.74, 6) is 0.0738. The molecule has 1 N–H and O–H groups in total. The molecule has 1 aromatic carbocycles. The van der Waals surface area contributed by atoms with Gasteiger partial charge >= 0.3 is 0 Å². The van der Waals surface area contributed by atoms with Crippen molar-refractivity contribution in [2.24, 2.45) is 0 Å². The number of hydrogen-bond acceptors (Lipinski definition) is 5. The smallest absolute Gasteiger partial charge is 0.283 e. The fourth-order valence-electron chi connectivity index (χ4n) is 2.79. The van der Waals surface area contributed by atoms with Gasteiger partial charge in [-0.15, -0.1) is 0 Å². The van der Waals surface area contributed by atoms with Gasteiger partial charge in [-0.2, -0.15) is 0 Å². The summed E-state index contributed by atoms with van der Waals surface area (Å²) < 4.78 is 7.17. The molecule has 0 bridgehead atoms. The maximum Gasteiger partial charge on any atom is 0.283 e. The van der Waals surface area contributed by atoms with Crippen LogP contribution >= 0.6 is 11.8 Å². The Labute approximate surface area is 144 Å². The number of carbonyl (C=O) groups excluding carboxylic acids is 1. The zero-order valence-electron chi connectivity index (χ0n) is 13.7. The molecule has 1 fully saturated rings. The Kier molecular flexibility index (Phi) is 5.52. The van der Waals surface area contributed by atoms with E-state index in [1.165, 1.54) is 11.8 Å². The first kappa shape index (κ1) is 17.0. The van der Waals surface area contributed by atoms with Gasteiger partial charge in [-0.25, -0.2) is 4.98 Å². The normalized spacial score (nSPS) is 17.3. The molecular weight excluding hydrogens is 326 g/mol. The first-order valence-electron chi connectivity index (χ1n) is 8.19. The minimum Gasteiger partial charge on any atom is -0.376 e. The van der Waals surface area contributed by atoms with Crippen LogP contribution < -0.4 is 10.9 Å². The van der Waals surface area contributed by atoms with E-state index in [9.17, 15) is 9.59 Å². The molecule has 0 radical (unpaired) electrons. The fraction of sp³-hybridized carbons (Fsp3) is 0.471. The summed E-state index contributed by atoms with van der Waals surface area (Å²) in [4.78, 5) is 28.9. The largest absolute Gasteiger partial charge is 0.376 e. The molecule has 1 atom stereocenters. The Morgan fingerprint density at radius 2 is 2.29 bits per heavy atom. The quantitative estimate of drug-likeness (QED) is 0.807. The Morgan fingerprint density at radius 3 is 3.04 bits per heavy atom. The summed E-state index contributed by atoms with van der Waals surface area (Å²) >= 11 is 1.18. The maximum atomic E-state index is 12.5. The highest BCUT2D eigenvalue weighted by Crippen LogP contribution is 2.16. The van der Waals surface area contributed by atoms with Crippen molar-refractivity contribution in [3.8, 4) is 0 Å². The lowest BCUT2D eigenvalue weighted by molar-refractivity contribution is -0.119. The van der Waals surface area contributed by atoms with E-state index in [1.54, 1.807) is 4.57 Å². The molecule has 0 aliphatic carbocycles. The second-order valence-electron chi connectivity index (χ2n) is 5.68. The predicted molar refractivity (Wildman–Crippen MR) is 94.4 cm³/mol. The number of thioether (sulfide) groups is 1. The molecule has 2 aromatic rings. The van der Waals surface area contributed by atoms with Crippen LogP contribution in [0.25, 0.3) is 11.0 Å². The average molecular weight is 347 g/mol. The SMILES string of the molecule is CCn1c(=O)c(SCC(=O)NC[C@H]2CCCO2)nc2ccccc21. The van der Waals surface area contributed by atoms with Crippen LogP contribution in [0.5, 0.6) is 0 Å². The average Bonchev–Trinajstić information content (AvgIpc) is 3.12. The number of hydrogen-bond donors (Lipinski definition) is 1. The summed E-state index contributed by atoms with van der Waals surface area (Å²) in [5.41, 5.74) is 1.44. The lowest BCUT2D eigenvalue weighted by atomic mass is 10.2. The van der Waals surface area contributed by atoms with Crippen LogP contribution in [0.2, 0.25) is 0 Å². The molecule has 1 aromatic heterocycles. The van der Waals surface area contributed by atoms with Crippen molar-refractivity contribution in [1.29, 1.82) is 0 Å². The standard InChI is InChI=1S/C17H21N3O3S/c1-2-20-14-8-4-3-7-13(14)19-16(17(20)22)24-11-15(21)18-10-12-6-5-9-23-12/h3-4,7-8,12H,2,5-6,9-11H2,1H3,(H,18,21)/t12-/m1/s1. The zero-order chi connectivity index (χ0) is 16.9. The summed E-state index contributed by atoms with van der Waals surface area (Å²) in [6.07, 6.45) is 2.16. The number of aryl methyl sites for hydroxylation is 1. The molecule has 3 rings (SSSR count). The number of amides is 1. The molecule has 6 nitrogen and oxygen atoms in total. The van der Waals surface area contributed by atoms with Crippen LogP contribution in [-0.4, -0.2) is 40.5 Å². The van der Waals surface area contributed by atoms with E-state index >= 15 is 0 Å². The Hall–Kier alpha value is -1.86. The first-order chi connectivity index (χ1) is 11.7. The van der Waals surface area contributed by atoms with Crippen molar-refractivity contribution in [1.82, 2.24) is 14.9 Å². The highest BCUT2D eigenvalue weighted by atomic mass is 32.2. The van der Waals surface area contributed by atoms with Crippen molar-refractivity contribution in [2.45, 2.75) is 37.4 Å². The number of carbonyl (C=O) groups is 1. The number of rotatable bonds is 6. The first-order valence-corrected chi connectivity index (χ1v) is 9.18. The second kappa shape index (κ2) is 7.81. The topological polar surface area (TPSA) is 73.2 Å². The fourth-order valence-corrected chi connectivity index (χ4v) is 3.56. The molecule has 7 heteroatoms. The Bertz CT molecular complexity index is 784. The van der Waals surface area contributed by atoms with Gasteiger partial charge in [-0.1, -0.05) is 23.9 Å². The van der Waals surface area contributed by atoms with Crippen molar-refractivity contribution in [3.05, 3.63) is 34.6 Å². The number of aromatic nitrogens is 2. The van der Waals surface area contributed by atoms with Crippen molar-refractivity contribution in [2.75, 3.05) is 18.9 Å². The minimum absolute atomic E-state index is 0.104. The second-order valence-corrected chi connectivity index (χ2v) is 6.65. The maximum absolute atomic E-state index is 12.5. The Morgan fingerprint density at radius 1 is 1.46 bits per heavy atom. The van der Waals surface area contributed by atoms with Crippen LogP contribution in [0, 0.1) is 0 Å². The number of nitrogens with one attached hydrogen (secondary N) is 1. The minimum atomic E-state index is -0.145. The van der Waals surface area contributed by atoms with E-state index in [2.05, 4.69) is 10.3 Å². The van der Waals surface area contributed by atoms with Gasteiger partial charge in [0.05, 0.1) is 22.9 Å². The van der Waals surface area contributed by atoms with Gasteiger partial charge in [0.15, 0.2) is 5.03 Å². The predicted octanol–water partition coefficient (Wildman–Crippen LogP) is 1.80. The third-order valence-electron chi connectivity index (χ3n) is 4.03. The van der Waals surface area contributed by atoms with E-state index in [0.717, 1.165) is 30.5 Å². The van der Waals surface area contributed by atoms with Crippen LogP contribution in [0.4, 0.5) is 0 Å². The number of nitrogens with zero attached hydrogens (tertiary/aromatic N) is 2. The van der Waals surface area contributed by atoms with Crippen molar-refractivity contribution < 1.29 is 9.53 Å². The molecule has 1 amide bonds. The molecule has 0 saturated carbocycles. The van der Waals surface area contributed by atoms with Gasteiger partial charge in [0.1, 0.15) is 0 Å². The molecule has 2 heterocycles. The van der Waals surface area contributed by atoms with Crippen LogP contribution in [0.1, 0.15) is 19.8 Å². The van der Waals surface area contributed by atoms with E-state index in [-0.39, 0.29) is 23.3 Å². The highest BCUT2D eigenvalue weighted by Gasteiger charge is 2.17. The molecule has 1 aliphatic heterocycles. The van der Waals surface area contributed by atoms with Crippen molar-refractivity contribution >= 4 is 28.7 Å². The lowest BCUT2D eigenvalue weighted by Crippen LogP contribution is -2.33. The molecule has 1 saturated heterocycles. The van der Waals surface area contributed by atoms with Gasteiger partial charge in [0.2, 0.25) is 5.91 Å². The van der Waals surface area contributed by atoms with E-state index in [0.29, 0.717) is 18.1 Å². The van der Waals surface area contributed by atoms with E-state index in [4.69, 9.17) is 4.74 Å². The number of para-hydroxylation sites is 2. The molecule has 24 heavy (non-hydrogen) atoms. The third kappa shape index (κ3) is 3.79. The number of benzene rings is 1. The van der Waals surface area contributed by atoms with Gasteiger partial charge in [-0.05, 0) is 31.9 Å². The summed E-state index contributed by atoms with van der Waals surface area (Å²) in [7, 11) is 0. The molecule has 128 valence electrons. The number of ether oxygens (including phenoxy) is 1. The number of fused-ring (bicyclic) bond motifs is 1. The summed E-state index contributed by atoms with van der Waals surface area (Å²) in [6, 6.07) is 7.54. The van der Waals surface area contributed by atoms with Crippen molar-refractivity contribution in [3.63, 3.8) is 0 Å². The lowest BCUT2D eigenvalue weighted by Gasteiger charge is -2.11. The molecule has 0 unspecified atom stereocenters. The van der Waals surface area contributed by atoms with Crippen LogP contribution in [-0.2, 0) is 16.1 Å². The van der Waals surface area contributed by atoms with Gasteiger partial charge in [-0.3, -0.25) is 9.59 Å². The molecule has 1 aliphatic rings. The molecular formula is C17H21N3O3S. The van der Waals surface area contributed by atoms with Gasteiger partial charge < -0.3 is 14.6 Å². The monoisotopic (exact) mass is 347 g/mol. The molecule has 0 spiro atoms. The van der Waals surface area contributed by atoms with Gasteiger partial charge in [0.25, 0.3) is 5.56 Å². The zero-order valence-corrected chi connectivity index (χ0v) is 14.5. The summed E-state index contributed by atoms with van der Waals surface area (Å²) in [6.45, 7) is 3.80. The summed E-state index contributed by atoms with van der Waals surface area (Å²) in [5, 5.41) is 3.22. The van der Waals surface area contributed by atoms with Gasteiger partial charge in [0, 0.05) is 19.7 Å². The van der Waals surface area contributed by atoms with E-state index < -0.39 is 0 Å². The third-order valence-corrected chi connectivity index (χ3v) is 4.98. The Balaban J connectivity index is 1.67. The highest BCUT2D eigenvalue weighted by molar-refractivity contribution is 7.99. The van der Waals surface area contributed by atoms with E-state index in [1.807, 2.05) is 31.2 Å². The van der Waals surface area contributed by atoms with Crippen LogP contribution in [0.3, 0.4) is 0 Å². The van der Waals surface area contributed by atoms with Crippen LogP contribution in [0.15, 0.2) is 34.1 Å².